The van der Waals surface area contributed by atoms with Crippen LogP contribution in [0.25, 0.3) is 0 Å². The van der Waals surface area contributed by atoms with Crippen molar-refractivity contribution in [3.05, 3.63) is 58.9 Å². The van der Waals surface area contributed by atoms with Crippen LogP contribution in [0, 0.1) is 5.82 Å². The minimum Gasteiger partial charge on any atom is -0.507 e. The van der Waals surface area contributed by atoms with Gasteiger partial charge in [0.2, 0.25) is 0 Å². The Labute approximate surface area is 138 Å². The molecule has 0 aromatic heterocycles. The molecule has 0 heterocycles. The van der Waals surface area contributed by atoms with Crippen LogP contribution in [0.5, 0.6) is 11.5 Å². The van der Waals surface area contributed by atoms with Gasteiger partial charge in [-0.15, -0.1) is 0 Å². The molecule has 126 valence electrons. The van der Waals surface area contributed by atoms with Gasteiger partial charge in [0, 0.05) is 24.2 Å². The minimum atomic E-state index is -0.938. The average molecular weight is 332 g/mol. The summed E-state index contributed by atoms with van der Waals surface area (Å²) in [5.74, 6) is -2.60. The van der Waals surface area contributed by atoms with Gasteiger partial charge < -0.3 is 20.9 Å². The number of aromatic hydroxyl groups is 1. The molecule has 0 aliphatic heterocycles. The maximum Gasteiger partial charge on any atom is 0.251 e. The van der Waals surface area contributed by atoms with Crippen LogP contribution in [0.4, 0.5) is 4.39 Å². The first kappa shape index (κ1) is 17.4. The molecular formula is C17H17FN2O4. The number of carbonyl (C=O) groups is 2. The van der Waals surface area contributed by atoms with Crippen molar-refractivity contribution in [2.45, 2.75) is 0 Å². The van der Waals surface area contributed by atoms with Crippen molar-refractivity contribution in [1.82, 2.24) is 5.32 Å². The number of hydrogen-bond acceptors (Lipinski definition) is 5. The van der Waals surface area contributed by atoms with Crippen LogP contribution in [0.1, 0.15) is 26.3 Å². The van der Waals surface area contributed by atoms with E-state index in [1.54, 1.807) is 0 Å². The van der Waals surface area contributed by atoms with Crippen molar-refractivity contribution in [1.29, 1.82) is 0 Å². The number of nitrogens with one attached hydrogen (secondary N) is 1. The van der Waals surface area contributed by atoms with Crippen LogP contribution in [0.2, 0.25) is 0 Å². The van der Waals surface area contributed by atoms with E-state index in [-0.39, 0.29) is 17.2 Å². The number of amides is 1. The van der Waals surface area contributed by atoms with E-state index in [1.165, 1.54) is 43.5 Å². The SMILES string of the molecule is COc1ccc(O)c(C(=O)c2ccc(C(=O)NCCN)cc2)c1F. The number of ether oxygens (including phenoxy) is 1. The van der Waals surface area contributed by atoms with E-state index in [0.29, 0.717) is 18.7 Å². The Morgan fingerprint density at radius 1 is 1.17 bits per heavy atom. The molecule has 0 unspecified atom stereocenters. The van der Waals surface area contributed by atoms with Crippen LogP contribution < -0.4 is 15.8 Å². The second-order valence-electron chi connectivity index (χ2n) is 4.93. The highest BCUT2D eigenvalue weighted by Gasteiger charge is 2.22. The number of rotatable bonds is 6. The standard InChI is InChI=1S/C17H17FN2O4/c1-24-13-7-6-12(21)14(15(13)18)16(22)10-2-4-11(5-3-10)17(23)20-9-8-19/h2-7,21H,8-9,19H2,1H3,(H,20,23). The van der Waals surface area contributed by atoms with Crippen molar-refractivity contribution in [2.75, 3.05) is 20.2 Å². The molecule has 6 nitrogen and oxygen atoms in total. The predicted molar refractivity (Wildman–Crippen MR) is 85.9 cm³/mol. The van der Waals surface area contributed by atoms with Gasteiger partial charge in [-0.25, -0.2) is 4.39 Å². The lowest BCUT2D eigenvalue weighted by Crippen LogP contribution is -2.28. The van der Waals surface area contributed by atoms with Gasteiger partial charge in [0.25, 0.3) is 5.91 Å². The first-order chi connectivity index (χ1) is 11.5. The molecular weight excluding hydrogens is 315 g/mol. The summed E-state index contributed by atoms with van der Waals surface area (Å²) in [4.78, 5) is 24.2. The fraction of sp³-hybridized carbons (Fsp3) is 0.176. The molecule has 0 saturated heterocycles. The number of ketones is 1. The van der Waals surface area contributed by atoms with Gasteiger partial charge in [-0.1, -0.05) is 12.1 Å². The lowest BCUT2D eigenvalue weighted by Gasteiger charge is -2.09. The zero-order chi connectivity index (χ0) is 17.7. The summed E-state index contributed by atoms with van der Waals surface area (Å²) >= 11 is 0. The molecule has 0 fully saturated rings. The molecule has 4 N–H and O–H groups in total. The number of phenols is 1. The summed E-state index contributed by atoms with van der Waals surface area (Å²) in [6.45, 7) is 0.652. The Hall–Kier alpha value is -2.93. The highest BCUT2D eigenvalue weighted by atomic mass is 19.1. The molecule has 0 bridgehead atoms. The molecule has 24 heavy (non-hydrogen) atoms. The summed E-state index contributed by atoms with van der Waals surface area (Å²) in [7, 11) is 1.26. The van der Waals surface area contributed by atoms with E-state index in [2.05, 4.69) is 5.32 Å². The summed E-state index contributed by atoms with van der Waals surface area (Å²) in [5.41, 5.74) is 5.30. The monoisotopic (exact) mass is 332 g/mol. The molecule has 0 radical (unpaired) electrons. The van der Waals surface area contributed by atoms with Gasteiger partial charge in [-0.2, -0.15) is 0 Å². The molecule has 0 spiro atoms. The van der Waals surface area contributed by atoms with Gasteiger partial charge in [0.15, 0.2) is 17.3 Å². The van der Waals surface area contributed by atoms with E-state index in [9.17, 15) is 19.1 Å². The lowest BCUT2D eigenvalue weighted by molar-refractivity contribution is 0.0953. The van der Waals surface area contributed by atoms with E-state index < -0.39 is 22.9 Å². The molecule has 0 aliphatic rings. The normalized spacial score (nSPS) is 10.3. The Balaban J connectivity index is 2.30. The summed E-state index contributed by atoms with van der Waals surface area (Å²) < 4.78 is 19.0. The number of halogens is 1. The number of methoxy groups -OCH3 is 1. The third kappa shape index (κ3) is 3.52. The molecule has 0 saturated carbocycles. The maximum absolute atomic E-state index is 14.2. The average Bonchev–Trinajstić information content (AvgIpc) is 2.60. The van der Waals surface area contributed by atoms with E-state index in [1.807, 2.05) is 0 Å². The molecule has 2 aromatic carbocycles. The lowest BCUT2D eigenvalue weighted by atomic mass is 10.00. The largest absolute Gasteiger partial charge is 0.507 e. The number of benzene rings is 2. The van der Waals surface area contributed by atoms with Crippen LogP contribution in [-0.4, -0.2) is 37.0 Å². The van der Waals surface area contributed by atoms with Crippen molar-refractivity contribution in [3.63, 3.8) is 0 Å². The molecule has 0 atom stereocenters. The van der Waals surface area contributed by atoms with Crippen molar-refractivity contribution in [2.24, 2.45) is 5.73 Å². The smallest absolute Gasteiger partial charge is 0.251 e. The maximum atomic E-state index is 14.2. The second-order valence-corrected chi connectivity index (χ2v) is 4.93. The zero-order valence-electron chi connectivity index (χ0n) is 13.0. The van der Waals surface area contributed by atoms with Crippen molar-refractivity contribution < 1.29 is 23.8 Å². The predicted octanol–water partition coefficient (Wildman–Crippen LogP) is 1.46. The van der Waals surface area contributed by atoms with Crippen LogP contribution >= 0.6 is 0 Å². The zero-order valence-corrected chi connectivity index (χ0v) is 13.0. The minimum absolute atomic E-state index is 0.132. The number of nitrogens with two attached hydrogens (primary N) is 1. The van der Waals surface area contributed by atoms with Gasteiger partial charge in [-0.3, -0.25) is 9.59 Å². The van der Waals surface area contributed by atoms with E-state index >= 15 is 0 Å². The van der Waals surface area contributed by atoms with Crippen molar-refractivity contribution in [3.8, 4) is 11.5 Å². The van der Waals surface area contributed by atoms with Crippen LogP contribution in [0.15, 0.2) is 36.4 Å². The molecule has 0 aliphatic carbocycles. The van der Waals surface area contributed by atoms with Gasteiger partial charge in [-0.05, 0) is 24.3 Å². The summed E-state index contributed by atoms with van der Waals surface area (Å²) in [6, 6.07) is 8.06. The molecule has 7 heteroatoms. The Morgan fingerprint density at radius 2 is 1.79 bits per heavy atom. The van der Waals surface area contributed by atoms with Gasteiger partial charge >= 0.3 is 0 Å². The Kier molecular flexibility index (Phi) is 5.49. The third-order valence-corrected chi connectivity index (χ3v) is 3.37. The summed E-state index contributed by atoms with van der Waals surface area (Å²) in [5, 5.41) is 12.4. The fourth-order valence-electron chi connectivity index (χ4n) is 2.13. The molecule has 2 aromatic rings. The first-order valence-electron chi connectivity index (χ1n) is 7.18. The number of phenolic OH excluding ortho intramolecular Hbond substituents is 1. The first-order valence-corrected chi connectivity index (χ1v) is 7.18. The van der Waals surface area contributed by atoms with Gasteiger partial charge in [0.1, 0.15) is 11.3 Å². The van der Waals surface area contributed by atoms with Gasteiger partial charge in [0.05, 0.1) is 7.11 Å². The quantitative estimate of drug-likeness (QED) is 0.695. The fourth-order valence-corrected chi connectivity index (χ4v) is 2.13. The topological polar surface area (TPSA) is 102 Å². The van der Waals surface area contributed by atoms with E-state index in [0.717, 1.165) is 0 Å². The van der Waals surface area contributed by atoms with Crippen LogP contribution in [-0.2, 0) is 0 Å². The highest BCUT2D eigenvalue weighted by Crippen LogP contribution is 2.30. The molecule has 2 rings (SSSR count). The summed E-state index contributed by atoms with van der Waals surface area (Å²) in [6.07, 6.45) is 0. The van der Waals surface area contributed by atoms with E-state index in [4.69, 9.17) is 10.5 Å². The number of carbonyl (C=O) groups excluding carboxylic acids is 2. The van der Waals surface area contributed by atoms with Crippen LogP contribution in [0.3, 0.4) is 0 Å². The number of hydrogen-bond donors (Lipinski definition) is 3. The second kappa shape index (κ2) is 7.56. The third-order valence-electron chi connectivity index (χ3n) is 3.37. The molecule has 1 amide bonds. The Morgan fingerprint density at radius 3 is 2.38 bits per heavy atom. The highest BCUT2D eigenvalue weighted by molar-refractivity contribution is 6.11. The van der Waals surface area contributed by atoms with Crippen molar-refractivity contribution >= 4 is 11.7 Å². The Bertz CT molecular complexity index is 760.